The smallest absolute Gasteiger partial charge is 0.133 e. The Morgan fingerprint density at radius 3 is 2.94 bits per heavy atom. The maximum Gasteiger partial charge on any atom is 0.133 e. The van der Waals surface area contributed by atoms with Crippen LogP contribution in [0.4, 0.5) is 4.39 Å². The van der Waals surface area contributed by atoms with Crippen molar-refractivity contribution in [2.24, 2.45) is 5.73 Å². The normalized spacial score (nSPS) is 10.8. The lowest BCUT2D eigenvalue weighted by Crippen LogP contribution is -2.00. The first-order chi connectivity index (χ1) is 8.20. The molecule has 0 amide bonds. The molecular weight excluding hydrogens is 303 g/mol. The maximum atomic E-state index is 13.7. The molecule has 0 aliphatic rings. The first-order valence-electron chi connectivity index (χ1n) is 5.30. The van der Waals surface area contributed by atoms with E-state index in [4.69, 9.17) is 5.73 Å². The SMILES string of the molecule is NCCCc1nc(-c2ccc(Br)cc2F)cs1. The molecule has 90 valence electrons. The summed E-state index contributed by atoms with van der Waals surface area (Å²) in [6.45, 7) is 0.654. The molecule has 0 saturated carbocycles. The number of aryl methyl sites for hydroxylation is 1. The van der Waals surface area contributed by atoms with E-state index in [-0.39, 0.29) is 5.82 Å². The number of nitrogens with zero attached hydrogens (tertiary/aromatic N) is 1. The number of halogens is 2. The number of hydrogen-bond acceptors (Lipinski definition) is 3. The Labute approximate surface area is 112 Å². The van der Waals surface area contributed by atoms with Gasteiger partial charge in [-0.3, -0.25) is 0 Å². The van der Waals surface area contributed by atoms with Crippen LogP contribution < -0.4 is 5.73 Å². The van der Waals surface area contributed by atoms with Gasteiger partial charge < -0.3 is 5.73 Å². The Hall–Kier alpha value is -0.780. The molecule has 5 heteroatoms. The fourth-order valence-electron chi connectivity index (χ4n) is 1.50. The van der Waals surface area contributed by atoms with E-state index in [0.717, 1.165) is 22.3 Å². The summed E-state index contributed by atoms with van der Waals surface area (Å²) in [5.74, 6) is -0.255. The second-order valence-electron chi connectivity index (χ2n) is 3.64. The lowest BCUT2D eigenvalue weighted by Gasteiger charge is -1.99. The number of aromatic nitrogens is 1. The van der Waals surface area contributed by atoms with E-state index in [1.54, 1.807) is 17.4 Å². The molecule has 1 aromatic carbocycles. The topological polar surface area (TPSA) is 38.9 Å². The van der Waals surface area contributed by atoms with Gasteiger partial charge in [-0.1, -0.05) is 15.9 Å². The molecular formula is C12H12BrFN2S. The number of thiazole rings is 1. The van der Waals surface area contributed by atoms with E-state index in [9.17, 15) is 4.39 Å². The van der Waals surface area contributed by atoms with Crippen molar-refractivity contribution in [3.05, 3.63) is 38.9 Å². The molecule has 0 aliphatic heterocycles. The molecule has 0 radical (unpaired) electrons. The van der Waals surface area contributed by atoms with Crippen LogP contribution >= 0.6 is 27.3 Å². The van der Waals surface area contributed by atoms with Crippen molar-refractivity contribution in [2.45, 2.75) is 12.8 Å². The van der Waals surface area contributed by atoms with Gasteiger partial charge in [0.25, 0.3) is 0 Å². The molecule has 2 nitrogen and oxygen atoms in total. The van der Waals surface area contributed by atoms with Crippen LogP contribution in [0.2, 0.25) is 0 Å². The van der Waals surface area contributed by atoms with Gasteiger partial charge in [0, 0.05) is 21.8 Å². The van der Waals surface area contributed by atoms with Gasteiger partial charge in [0.2, 0.25) is 0 Å². The molecule has 1 heterocycles. The summed E-state index contributed by atoms with van der Waals surface area (Å²) in [7, 11) is 0. The average Bonchev–Trinajstić information content (AvgIpc) is 2.75. The zero-order valence-electron chi connectivity index (χ0n) is 9.12. The average molecular weight is 315 g/mol. The zero-order valence-corrected chi connectivity index (χ0v) is 11.5. The fraction of sp³-hybridized carbons (Fsp3) is 0.250. The van der Waals surface area contributed by atoms with Crippen LogP contribution in [-0.4, -0.2) is 11.5 Å². The third-order valence-electron chi connectivity index (χ3n) is 2.35. The molecule has 0 saturated heterocycles. The van der Waals surface area contributed by atoms with Crippen LogP contribution in [0.5, 0.6) is 0 Å². The minimum absolute atomic E-state index is 0.255. The van der Waals surface area contributed by atoms with Gasteiger partial charge >= 0.3 is 0 Å². The van der Waals surface area contributed by atoms with E-state index in [1.165, 1.54) is 6.07 Å². The monoisotopic (exact) mass is 314 g/mol. The second-order valence-corrected chi connectivity index (χ2v) is 5.50. The first kappa shape index (κ1) is 12.7. The summed E-state index contributed by atoms with van der Waals surface area (Å²) < 4.78 is 14.4. The van der Waals surface area contributed by atoms with Crippen molar-refractivity contribution in [3.63, 3.8) is 0 Å². The summed E-state index contributed by atoms with van der Waals surface area (Å²) >= 11 is 4.79. The lowest BCUT2D eigenvalue weighted by atomic mass is 10.1. The van der Waals surface area contributed by atoms with E-state index in [2.05, 4.69) is 20.9 Å². The number of rotatable bonds is 4. The highest BCUT2D eigenvalue weighted by atomic mass is 79.9. The van der Waals surface area contributed by atoms with Gasteiger partial charge in [0.15, 0.2) is 0 Å². The molecule has 0 aliphatic carbocycles. The van der Waals surface area contributed by atoms with E-state index in [1.807, 2.05) is 11.4 Å². The van der Waals surface area contributed by atoms with Gasteiger partial charge in [0.1, 0.15) is 5.82 Å². The van der Waals surface area contributed by atoms with Crippen LogP contribution in [0.3, 0.4) is 0 Å². The van der Waals surface area contributed by atoms with E-state index in [0.29, 0.717) is 17.8 Å². The Morgan fingerprint density at radius 2 is 2.24 bits per heavy atom. The summed E-state index contributed by atoms with van der Waals surface area (Å²) in [6.07, 6.45) is 1.77. The molecule has 17 heavy (non-hydrogen) atoms. The summed E-state index contributed by atoms with van der Waals surface area (Å²) in [5.41, 5.74) is 6.69. The molecule has 0 spiro atoms. The third-order valence-corrected chi connectivity index (χ3v) is 3.76. The first-order valence-corrected chi connectivity index (χ1v) is 6.98. The molecule has 2 aromatic rings. The quantitative estimate of drug-likeness (QED) is 0.936. The van der Waals surface area contributed by atoms with Crippen LogP contribution in [0.25, 0.3) is 11.3 Å². The van der Waals surface area contributed by atoms with Crippen molar-refractivity contribution in [1.82, 2.24) is 4.98 Å². The molecule has 0 fully saturated rings. The minimum Gasteiger partial charge on any atom is -0.330 e. The number of nitrogens with two attached hydrogens (primary N) is 1. The highest BCUT2D eigenvalue weighted by molar-refractivity contribution is 9.10. The van der Waals surface area contributed by atoms with E-state index < -0.39 is 0 Å². The van der Waals surface area contributed by atoms with Crippen molar-refractivity contribution in [3.8, 4) is 11.3 Å². The highest BCUT2D eigenvalue weighted by Crippen LogP contribution is 2.27. The Balaban J connectivity index is 2.24. The summed E-state index contributed by atoms with van der Waals surface area (Å²) in [6, 6.07) is 5.01. The molecule has 2 rings (SSSR count). The Kier molecular flexibility index (Phi) is 4.25. The van der Waals surface area contributed by atoms with Crippen LogP contribution in [0.1, 0.15) is 11.4 Å². The second kappa shape index (κ2) is 5.71. The predicted octanol–water partition coefficient (Wildman–Crippen LogP) is 3.60. The minimum atomic E-state index is -0.255. The Morgan fingerprint density at radius 1 is 1.41 bits per heavy atom. The molecule has 2 N–H and O–H groups in total. The van der Waals surface area contributed by atoms with Crippen LogP contribution in [0.15, 0.2) is 28.1 Å². The lowest BCUT2D eigenvalue weighted by molar-refractivity contribution is 0.630. The fourth-order valence-corrected chi connectivity index (χ4v) is 2.67. The summed E-state index contributed by atoms with van der Waals surface area (Å²) in [5, 5.41) is 2.89. The van der Waals surface area contributed by atoms with Crippen molar-refractivity contribution < 1.29 is 4.39 Å². The third kappa shape index (κ3) is 3.12. The van der Waals surface area contributed by atoms with Gasteiger partial charge in [-0.15, -0.1) is 11.3 Å². The van der Waals surface area contributed by atoms with Gasteiger partial charge in [-0.2, -0.15) is 0 Å². The van der Waals surface area contributed by atoms with Crippen LogP contribution in [0, 0.1) is 5.82 Å². The molecule has 0 atom stereocenters. The van der Waals surface area contributed by atoms with Gasteiger partial charge in [-0.25, -0.2) is 9.37 Å². The van der Waals surface area contributed by atoms with Crippen LogP contribution in [-0.2, 0) is 6.42 Å². The standard InChI is InChI=1S/C12H12BrFN2S/c13-8-3-4-9(10(14)6-8)11-7-17-12(16-11)2-1-5-15/h3-4,6-7H,1-2,5,15H2. The van der Waals surface area contributed by atoms with Gasteiger partial charge in [-0.05, 0) is 31.2 Å². The van der Waals surface area contributed by atoms with E-state index >= 15 is 0 Å². The predicted molar refractivity (Wildman–Crippen MR) is 72.6 cm³/mol. The highest BCUT2D eigenvalue weighted by Gasteiger charge is 2.09. The molecule has 0 bridgehead atoms. The summed E-state index contributed by atoms with van der Waals surface area (Å²) in [4.78, 5) is 4.42. The van der Waals surface area contributed by atoms with Crippen molar-refractivity contribution >= 4 is 27.3 Å². The van der Waals surface area contributed by atoms with Crippen molar-refractivity contribution in [2.75, 3.05) is 6.54 Å². The number of benzene rings is 1. The largest absolute Gasteiger partial charge is 0.330 e. The maximum absolute atomic E-state index is 13.7. The number of hydrogen-bond donors (Lipinski definition) is 1. The van der Waals surface area contributed by atoms with Crippen molar-refractivity contribution in [1.29, 1.82) is 0 Å². The molecule has 1 aromatic heterocycles. The van der Waals surface area contributed by atoms with Gasteiger partial charge in [0.05, 0.1) is 10.7 Å². The Bertz CT molecular complexity index is 513. The molecule has 0 unspecified atom stereocenters. The zero-order chi connectivity index (χ0) is 12.3.